The van der Waals surface area contributed by atoms with E-state index in [1.165, 1.54) is 0 Å². The number of rotatable bonds is 12. The van der Waals surface area contributed by atoms with Gasteiger partial charge in [-0.15, -0.1) is 0 Å². The molecule has 0 heterocycles. The molecule has 0 saturated carbocycles. The second-order valence-electron chi connectivity index (χ2n) is 6.97. The zero-order valence-corrected chi connectivity index (χ0v) is 20.2. The molecule has 0 bridgehead atoms. The Morgan fingerprint density at radius 3 is 1.58 bits per heavy atom. The first-order valence-corrected chi connectivity index (χ1v) is 10.9. The smallest absolute Gasteiger partial charge is 0.335 e. The lowest BCUT2D eigenvalue weighted by atomic mass is 10.1. The second kappa shape index (κ2) is 17.2. The number of hydrogen-bond acceptors (Lipinski definition) is 8. The molecule has 0 fully saturated rings. The van der Waals surface area contributed by atoms with Gasteiger partial charge >= 0.3 is 17.9 Å². The van der Waals surface area contributed by atoms with Crippen molar-refractivity contribution in [1.29, 1.82) is 0 Å². The molecule has 1 N–H and O–H groups in total. The van der Waals surface area contributed by atoms with Crippen LogP contribution in [0.3, 0.4) is 0 Å². The third-order valence-corrected chi connectivity index (χ3v) is 4.04. The van der Waals surface area contributed by atoms with Crippen molar-refractivity contribution in [3.8, 4) is 11.5 Å². The first-order chi connectivity index (χ1) is 17.3. The van der Waals surface area contributed by atoms with E-state index in [-0.39, 0.29) is 19.8 Å². The third-order valence-electron chi connectivity index (χ3n) is 4.04. The first-order valence-electron chi connectivity index (χ1n) is 10.9. The molecule has 36 heavy (non-hydrogen) atoms. The van der Waals surface area contributed by atoms with Crippen LogP contribution in [0.4, 0.5) is 0 Å². The van der Waals surface area contributed by atoms with Gasteiger partial charge in [-0.25, -0.2) is 14.4 Å². The number of esters is 3. The minimum Gasteiger partial charge on any atom is -0.460 e. The van der Waals surface area contributed by atoms with Crippen molar-refractivity contribution in [2.24, 2.45) is 0 Å². The average molecular weight is 495 g/mol. The summed E-state index contributed by atoms with van der Waals surface area (Å²) in [5.74, 6) is -0.468. The number of carbonyl (C=O) groups excluding carboxylic acids is 3. The summed E-state index contributed by atoms with van der Waals surface area (Å²) >= 11 is 0. The number of hydrogen-bond donors (Lipinski definition) is 1. The molecule has 2 aromatic rings. The Morgan fingerprint density at radius 2 is 1.22 bits per heavy atom. The van der Waals surface area contributed by atoms with E-state index >= 15 is 0 Å². The van der Waals surface area contributed by atoms with Crippen LogP contribution in [0, 0.1) is 0 Å². The predicted octanol–water partition coefficient (Wildman–Crippen LogP) is 4.15. The quantitative estimate of drug-likeness (QED) is 0.154. The molecule has 0 radical (unpaired) electrons. The maximum absolute atomic E-state index is 11.1. The molecule has 0 aliphatic rings. The Morgan fingerprint density at radius 1 is 0.778 bits per heavy atom. The highest BCUT2D eigenvalue weighted by Gasteiger charge is 2.02. The lowest BCUT2D eigenvalue weighted by Gasteiger charge is -2.03. The molecule has 8 nitrogen and oxygen atoms in total. The summed E-state index contributed by atoms with van der Waals surface area (Å²) < 4.78 is 19.6. The second-order valence-corrected chi connectivity index (χ2v) is 6.97. The summed E-state index contributed by atoms with van der Waals surface area (Å²) in [7, 11) is 0. The van der Waals surface area contributed by atoms with Crippen molar-refractivity contribution in [1.82, 2.24) is 0 Å². The van der Waals surface area contributed by atoms with Gasteiger partial charge < -0.3 is 24.1 Å². The number of ether oxygens (including phenoxy) is 4. The first kappa shape index (κ1) is 29.8. The Balaban J connectivity index is 0.000000457. The summed E-state index contributed by atoms with van der Waals surface area (Å²) in [6.07, 6.45) is 6.07. The van der Waals surface area contributed by atoms with Crippen molar-refractivity contribution >= 4 is 30.1 Å². The number of benzene rings is 2. The van der Waals surface area contributed by atoms with Gasteiger partial charge in [0.2, 0.25) is 0 Å². The fourth-order valence-corrected chi connectivity index (χ4v) is 2.29. The lowest BCUT2D eigenvalue weighted by molar-refractivity contribution is -0.140. The topological polar surface area (TPSA) is 108 Å². The van der Waals surface area contributed by atoms with E-state index in [4.69, 9.17) is 24.1 Å². The Hall–Kier alpha value is -4.27. The van der Waals surface area contributed by atoms with Gasteiger partial charge in [-0.3, -0.25) is 0 Å². The molecule has 0 spiro atoms. The van der Waals surface area contributed by atoms with Crippen LogP contribution in [-0.4, -0.2) is 49.4 Å². The van der Waals surface area contributed by atoms with Crippen molar-refractivity contribution in [2.45, 2.75) is 6.92 Å². The van der Waals surface area contributed by atoms with Crippen LogP contribution in [-0.2, 0) is 23.9 Å². The lowest BCUT2D eigenvalue weighted by Crippen LogP contribution is -2.12. The largest absolute Gasteiger partial charge is 0.460 e. The highest BCUT2D eigenvalue weighted by Crippen LogP contribution is 2.17. The minimum absolute atomic E-state index is 0.0194. The summed E-state index contributed by atoms with van der Waals surface area (Å²) in [5, 5.41) is 8.32. The van der Waals surface area contributed by atoms with E-state index in [0.29, 0.717) is 23.7 Å². The van der Waals surface area contributed by atoms with Gasteiger partial charge in [-0.2, -0.15) is 0 Å². The molecule has 0 saturated heterocycles. The molecule has 0 atom stereocenters. The molecule has 8 heteroatoms. The molecule has 0 amide bonds. The summed E-state index contributed by atoms with van der Waals surface area (Å²) in [6.45, 7) is 12.4. The average Bonchev–Trinajstić information content (AvgIpc) is 2.89. The van der Waals surface area contributed by atoms with Crippen LogP contribution in [0.15, 0.2) is 86.0 Å². The van der Waals surface area contributed by atoms with Crippen LogP contribution in [0.25, 0.3) is 12.2 Å². The van der Waals surface area contributed by atoms with Crippen LogP contribution < -0.4 is 9.47 Å². The van der Waals surface area contributed by atoms with Crippen LogP contribution >= 0.6 is 0 Å². The van der Waals surface area contributed by atoms with Crippen molar-refractivity contribution in [3.63, 3.8) is 0 Å². The number of carbonyl (C=O) groups is 3. The van der Waals surface area contributed by atoms with Crippen molar-refractivity contribution in [3.05, 3.63) is 97.1 Å². The Bertz CT molecular complexity index is 982. The third kappa shape index (κ3) is 12.8. The van der Waals surface area contributed by atoms with E-state index in [1.54, 1.807) is 31.2 Å². The van der Waals surface area contributed by atoms with Crippen LogP contribution in [0.2, 0.25) is 0 Å². The highest BCUT2D eigenvalue weighted by atomic mass is 16.6. The summed E-state index contributed by atoms with van der Waals surface area (Å²) in [5.41, 5.74) is 2.28. The molecular formula is C28H30O8. The molecule has 0 aromatic heterocycles. The fraction of sp³-hybridized carbons (Fsp3) is 0.179. The highest BCUT2D eigenvalue weighted by molar-refractivity contribution is 5.87. The summed E-state index contributed by atoms with van der Waals surface area (Å²) in [4.78, 5) is 32.9. The number of aliphatic hydroxyl groups excluding tert-OH is 1. The van der Waals surface area contributed by atoms with Gasteiger partial charge in [-0.1, -0.05) is 56.2 Å². The predicted molar refractivity (Wildman–Crippen MR) is 137 cm³/mol. The van der Waals surface area contributed by atoms with Gasteiger partial charge in [0, 0.05) is 17.7 Å². The van der Waals surface area contributed by atoms with E-state index in [1.807, 2.05) is 36.4 Å². The van der Waals surface area contributed by atoms with Crippen LogP contribution in [0.5, 0.6) is 11.5 Å². The Kier molecular flexibility index (Phi) is 14.2. The molecule has 190 valence electrons. The summed E-state index contributed by atoms with van der Waals surface area (Å²) in [6, 6.07) is 14.2. The maximum Gasteiger partial charge on any atom is 0.335 e. The van der Waals surface area contributed by atoms with E-state index in [2.05, 4.69) is 19.7 Å². The fourth-order valence-electron chi connectivity index (χ4n) is 2.29. The zero-order valence-electron chi connectivity index (χ0n) is 20.2. The molecule has 0 aliphatic carbocycles. The van der Waals surface area contributed by atoms with Crippen LogP contribution in [0.1, 0.15) is 18.1 Å². The monoisotopic (exact) mass is 494 g/mol. The van der Waals surface area contributed by atoms with Gasteiger partial charge in [0.25, 0.3) is 0 Å². The standard InChI is InChI=1S/C20H16O4.C8H14O4/c1-3-19(21)23-17-11-7-15(8-12-17)5-6-16-9-13-18(14-10-16)24-20(22)4-2;1-7(2)8(10)12-6-5-11-4-3-9/h3-14H,1-2H2;9H,1,3-6H2,2H3. The number of aliphatic hydroxyl groups is 1. The molecule has 0 unspecified atom stereocenters. The zero-order chi connectivity index (χ0) is 26.8. The van der Waals surface area contributed by atoms with Gasteiger partial charge in [0.15, 0.2) is 0 Å². The van der Waals surface area contributed by atoms with E-state index in [0.717, 1.165) is 23.3 Å². The van der Waals surface area contributed by atoms with E-state index in [9.17, 15) is 14.4 Å². The van der Waals surface area contributed by atoms with Gasteiger partial charge in [0.05, 0.1) is 19.8 Å². The SMILES string of the molecule is C=C(C)C(=O)OCCOCCO.C=CC(=O)Oc1ccc(C=Cc2ccc(OC(=O)C=C)cc2)cc1. The maximum atomic E-state index is 11.1. The van der Waals surface area contributed by atoms with Gasteiger partial charge in [0.1, 0.15) is 18.1 Å². The molecule has 2 rings (SSSR count). The van der Waals surface area contributed by atoms with Crippen molar-refractivity contribution < 1.29 is 38.4 Å². The Labute approximate surface area is 210 Å². The minimum atomic E-state index is -0.490. The normalized spacial score (nSPS) is 9.94. The van der Waals surface area contributed by atoms with Crippen molar-refractivity contribution in [2.75, 3.05) is 26.4 Å². The molecular weight excluding hydrogens is 464 g/mol. The molecule has 0 aliphatic heterocycles. The van der Waals surface area contributed by atoms with E-state index < -0.39 is 17.9 Å². The van der Waals surface area contributed by atoms with Gasteiger partial charge in [-0.05, 0) is 42.3 Å². The molecule has 2 aromatic carbocycles.